The molecule has 4 aromatic rings. The molecule has 1 fully saturated rings. The molecule has 4 nitrogen and oxygen atoms in total. The van der Waals surface area contributed by atoms with Gasteiger partial charge in [-0.25, -0.2) is 9.97 Å². The third kappa shape index (κ3) is 3.24. The summed E-state index contributed by atoms with van der Waals surface area (Å²) < 4.78 is 3.21. The quantitative estimate of drug-likeness (QED) is 0.391. The molecule has 2 aromatic heterocycles. The van der Waals surface area contributed by atoms with E-state index in [2.05, 4.69) is 50.6 Å². The molecule has 0 atom stereocenters. The minimum absolute atomic E-state index is 0.515. The van der Waals surface area contributed by atoms with Crippen LogP contribution >= 0.6 is 15.9 Å². The van der Waals surface area contributed by atoms with Gasteiger partial charge in [0, 0.05) is 16.6 Å². The summed E-state index contributed by atoms with van der Waals surface area (Å²) in [4.78, 5) is 9.61. The smallest absolute Gasteiger partial charge is 0.160 e. The Balaban J connectivity index is 1.59. The average Bonchev–Trinajstić information content (AvgIpc) is 3.54. The van der Waals surface area contributed by atoms with Crippen LogP contribution in [-0.4, -0.2) is 14.5 Å². The molecule has 1 aliphatic carbocycles. The predicted octanol–water partition coefficient (Wildman–Crippen LogP) is 5.97. The van der Waals surface area contributed by atoms with Crippen LogP contribution in [0.4, 0.5) is 0 Å². The van der Waals surface area contributed by atoms with Crippen LogP contribution in [0.25, 0.3) is 22.3 Å². The second kappa shape index (κ2) is 7.13. The summed E-state index contributed by atoms with van der Waals surface area (Å²) in [6, 6.07) is 18.6. The molecular formula is C24H19BrN4. The summed E-state index contributed by atoms with van der Waals surface area (Å²) in [5.41, 5.74) is 6.80. The van der Waals surface area contributed by atoms with Crippen molar-refractivity contribution in [1.82, 2.24) is 14.5 Å². The van der Waals surface area contributed by atoms with Gasteiger partial charge in [-0.15, -0.1) is 0 Å². The van der Waals surface area contributed by atoms with Crippen LogP contribution in [0.2, 0.25) is 0 Å². The summed E-state index contributed by atoms with van der Waals surface area (Å²) in [5, 5.41) is 9.74. The fourth-order valence-corrected chi connectivity index (χ4v) is 4.10. The maximum atomic E-state index is 9.74. The minimum Gasteiger partial charge on any atom is -0.308 e. The lowest BCUT2D eigenvalue weighted by Crippen LogP contribution is -2.05. The third-order valence-electron chi connectivity index (χ3n) is 5.56. The van der Waals surface area contributed by atoms with Crippen LogP contribution in [0.3, 0.4) is 0 Å². The Kier molecular flexibility index (Phi) is 4.44. The molecule has 29 heavy (non-hydrogen) atoms. The van der Waals surface area contributed by atoms with Gasteiger partial charge < -0.3 is 4.57 Å². The van der Waals surface area contributed by atoms with E-state index >= 15 is 0 Å². The maximum absolute atomic E-state index is 9.74. The summed E-state index contributed by atoms with van der Waals surface area (Å²) >= 11 is 3.57. The number of pyridine rings is 1. The van der Waals surface area contributed by atoms with Gasteiger partial charge in [0.05, 0.1) is 18.2 Å². The Morgan fingerprint density at radius 3 is 2.69 bits per heavy atom. The molecule has 0 aliphatic heterocycles. The van der Waals surface area contributed by atoms with Crippen LogP contribution in [-0.2, 0) is 6.54 Å². The van der Waals surface area contributed by atoms with Gasteiger partial charge in [-0.1, -0.05) is 42.5 Å². The fourth-order valence-electron chi connectivity index (χ4n) is 3.81. The molecule has 0 bridgehead atoms. The van der Waals surface area contributed by atoms with Gasteiger partial charge >= 0.3 is 0 Å². The highest BCUT2D eigenvalue weighted by molar-refractivity contribution is 9.10. The van der Waals surface area contributed by atoms with Crippen molar-refractivity contribution in [3.05, 3.63) is 81.7 Å². The van der Waals surface area contributed by atoms with Crippen LogP contribution in [0.5, 0.6) is 0 Å². The average molecular weight is 443 g/mol. The number of nitriles is 1. The molecule has 0 saturated heterocycles. The molecule has 142 valence electrons. The number of hydrogen-bond donors (Lipinski definition) is 0. The zero-order valence-electron chi connectivity index (χ0n) is 16.1. The van der Waals surface area contributed by atoms with E-state index in [4.69, 9.17) is 4.98 Å². The van der Waals surface area contributed by atoms with Crippen molar-refractivity contribution in [2.45, 2.75) is 32.2 Å². The van der Waals surface area contributed by atoms with Crippen LogP contribution in [0.1, 0.15) is 41.3 Å². The van der Waals surface area contributed by atoms with Crippen molar-refractivity contribution in [3.63, 3.8) is 0 Å². The molecule has 0 amide bonds. The number of nitrogens with zero attached hydrogens (tertiary/aromatic N) is 4. The van der Waals surface area contributed by atoms with Gasteiger partial charge in [-0.05, 0) is 64.0 Å². The van der Waals surface area contributed by atoms with E-state index in [1.807, 2.05) is 42.6 Å². The molecule has 0 spiro atoms. The molecule has 0 radical (unpaired) electrons. The Hall–Kier alpha value is -2.97. The first-order valence-corrected chi connectivity index (χ1v) is 10.5. The molecule has 0 N–H and O–H groups in total. The van der Waals surface area contributed by atoms with Gasteiger partial charge in [-0.3, -0.25) is 0 Å². The van der Waals surface area contributed by atoms with Gasteiger partial charge in [0.1, 0.15) is 11.3 Å². The van der Waals surface area contributed by atoms with Gasteiger partial charge in [-0.2, -0.15) is 5.26 Å². The van der Waals surface area contributed by atoms with Gasteiger partial charge in [0.15, 0.2) is 5.65 Å². The highest BCUT2D eigenvalue weighted by atomic mass is 79.9. The highest BCUT2D eigenvalue weighted by Crippen LogP contribution is 2.41. The van der Waals surface area contributed by atoms with Crippen molar-refractivity contribution < 1.29 is 0 Å². The van der Waals surface area contributed by atoms with Gasteiger partial charge in [0.2, 0.25) is 0 Å². The summed E-state index contributed by atoms with van der Waals surface area (Å²) in [6.07, 6.45) is 4.21. The highest BCUT2D eigenvalue weighted by Gasteiger charge is 2.30. The Bertz CT molecular complexity index is 1260. The SMILES string of the molecule is Cc1c(Br)cnc2c1nc(C1CC1)n2Cc1ccc(-c2ccccc2)c(C#N)c1. The second-order valence-electron chi connectivity index (χ2n) is 7.59. The van der Waals surface area contributed by atoms with E-state index in [0.717, 1.165) is 43.7 Å². The van der Waals surface area contributed by atoms with Gasteiger partial charge in [0.25, 0.3) is 0 Å². The molecule has 2 heterocycles. The molecule has 1 aliphatic rings. The number of benzene rings is 2. The predicted molar refractivity (Wildman–Crippen MR) is 118 cm³/mol. The number of rotatable bonds is 4. The van der Waals surface area contributed by atoms with Crippen molar-refractivity contribution in [2.75, 3.05) is 0 Å². The lowest BCUT2D eigenvalue weighted by molar-refractivity contribution is 0.740. The Labute approximate surface area is 178 Å². The number of aryl methyl sites for hydroxylation is 1. The Morgan fingerprint density at radius 1 is 1.17 bits per heavy atom. The van der Waals surface area contributed by atoms with Crippen molar-refractivity contribution in [3.8, 4) is 17.2 Å². The number of hydrogen-bond acceptors (Lipinski definition) is 3. The Morgan fingerprint density at radius 2 is 1.97 bits per heavy atom. The van der Waals surface area contributed by atoms with E-state index in [9.17, 15) is 5.26 Å². The fraction of sp³-hybridized carbons (Fsp3) is 0.208. The number of imidazole rings is 1. The molecule has 1 saturated carbocycles. The molecule has 5 heteroatoms. The van der Waals surface area contributed by atoms with E-state index in [1.165, 1.54) is 12.8 Å². The van der Waals surface area contributed by atoms with Crippen molar-refractivity contribution >= 4 is 27.1 Å². The molecular weight excluding hydrogens is 424 g/mol. The molecule has 5 rings (SSSR count). The first-order chi connectivity index (χ1) is 14.2. The van der Waals surface area contributed by atoms with E-state index in [-0.39, 0.29) is 0 Å². The molecule has 0 unspecified atom stereocenters. The third-order valence-corrected chi connectivity index (χ3v) is 6.36. The lowest BCUT2D eigenvalue weighted by atomic mass is 9.98. The first kappa shape index (κ1) is 18.1. The first-order valence-electron chi connectivity index (χ1n) is 9.75. The number of halogens is 1. The minimum atomic E-state index is 0.515. The number of aromatic nitrogens is 3. The van der Waals surface area contributed by atoms with Crippen LogP contribution < -0.4 is 0 Å². The van der Waals surface area contributed by atoms with Crippen molar-refractivity contribution in [2.24, 2.45) is 0 Å². The summed E-state index contributed by atoms with van der Waals surface area (Å²) in [7, 11) is 0. The zero-order chi connectivity index (χ0) is 20.0. The van der Waals surface area contributed by atoms with E-state index in [0.29, 0.717) is 18.0 Å². The number of fused-ring (bicyclic) bond motifs is 1. The van der Waals surface area contributed by atoms with E-state index in [1.54, 1.807) is 0 Å². The van der Waals surface area contributed by atoms with Crippen LogP contribution in [0.15, 0.2) is 59.2 Å². The van der Waals surface area contributed by atoms with E-state index < -0.39 is 0 Å². The topological polar surface area (TPSA) is 54.5 Å². The largest absolute Gasteiger partial charge is 0.308 e. The zero-order valence-corrected chi connectivity index (χ0v) is 17.6. The second-order valence-corrected chi connectivity index (χ2v) is 8.45. The van der Waals surface area contributed by atoms with Crippen LogP contribution in [0, 0.1) is 18.3 Å². The lowest BCUT2D eigenvalue weighted by Gasteiger charge is -2.11. The summed E-state index contributed by atoms with van der Waals surface area (Å²) in [5.74, 6) is 1.63. The maximum Gasteiger partial charge on any atom is 0.160 e. The normalized spacial score (nSPS) is 13.6. The van der Waals surface area contributed by atoms with Crippen molar-refractivity contribution in [1.29, 1.82) is 5.26 Å². The molecule has 2 aromatic carbocycles. The monoisotopic (exact) mass is 442 g/mol. The summed E-state index contributed by atoms with van der Waals surface area (Å²) in [6.45, 7) is 2.74. The standard InChI is InChI=1S/C24H19BrN4/c1-15-21(25)13-27-24-22(15)28-23(18-8-9-18)29(24)14-16-7-10-20(19(11-16)12-26)17-5-3-2-4-6-17/h2-7,10-11,13,18H,8-9,14H2,1H3.